The van der Waals surface area contributed by atoms with Crippen molar-refractivity contribution in [3.63, 3.8) is 0 Å². The van der Waals surface area contributed by atoms with Gasteiger partial charge in [0.05, 0.1) is 13.0 Å². The van der Waals surface area contributed by atoms with E-state index >= 15 is 0 Å². The van der Waals surface area contributed by atoms with Crippen LogP contribution in [0.25, 0.3) is 0 Å². The minimum absolute atomic E-state index is 0.0372. The molecule has 0 saturated heterocycles. The van der Waals surface area contributed by atoms with Crippen molar-refractivity contribution in [3.05, 3.63) is 35.4 Å². The van der Waals surface area contributed by atoms with Crippen molar-refractivity contribution in [1.82, 2.24) is 36.4 Å². The summed E-state index contributed by atoms with van der Waals surface area (Å²) in [5.74, 6) is -3.49. The summed E-state index contributed by atoms with van der Waals surface area (Å²) in [6, 6.07) is 4.85. The lowest BCUT2D eigenvalue weighted by Gasteiger charge is -2.29. The van der Waals surface area contributed by atoms with Crippen LogP contribution in [0.3, 0.4) is 0 Å². The van der Waals surface area contributed by atoms with Gasteiger partial charge in [-0.1, -0.05) is 38.1 Å². The molecule has 0 radical (unpaired) electrons. The number of nitrogens with one attached hydrogen (secondary N) is 5. The van der Waals surface area contributed by atoms with Gasteiger partial charge < -0.3 is 36.6 Å². The monoisotopic (exact) mass is 647 g/mol. The summed E-state index contributed by atoms with van der Waals surface area (Å²) in [6.45, 7) is 9.71. The molecule has 0 aliphatic heterocycles. The third kappa shape index (κ3) is 16.5. The zero-order valence-electron chi connectivity index (χ0n) is 27.6. The second-order valence-corrected chi connectivity index (χ2v) is 11.5. The number of hydrogen-bond donors (Lipinski definition) is 6. The predicted molar refractivity (Wildman–Crippen MR) is 170 cm³/mol. The normalized spacial score (nSPS) is 12.1. The van der Waals surface area contributed by atoms with Crippen molar-refractivity contribution in [2.75, 3.05) is 39.8 Å². The van der Waals surface area contributed by atoms with E-state index in [-0.39, 0.29) is 49.2 Å². The molecule has 2 atom stereocenters. The Kier molecular flexibility index (Phi) is 17.6. The van der Waals surface area contributed by atoms with Gasteiger partial charge in [-0.25, -0.2) is 0 Å². The van der Waals surface area contributed by atoms with E-state index in [0.29, 0.717) is 38.2 Å². The second kappa shape index (κ2) is 20.5. The largest absolute Gasteiger partial charge is 0.481 e. The molecule has 0 spiro atoms. The fourth-order valence-electron chi connectivity index (χ4n) is 4.43. The minimum atomic E-state index is -1.36. The van der Waals surface area contributed by atoms with Gasteiger partial charge in [-0.05, 0) is 23.5 Å². The summed E-state index contributed by atoms with van der Waals surface area (Å²) in [5.41, 5.74) is 1.43. The van der Waals surface area contributed by atoms with Gasteiger partial charge in [0.25, 0.3) is 0 Å². The molecule has 0 fully saturated rings. The average Bonchev–Trinajstić information content (AvgIpc) is 2.96. The number of carboxylic acid groups (broad SMARTS) is 1. The molecule has 0 bridgehead atoms. The first-order valence-electron chi connectivity index (χ1n) is 15.2. The Morgan fingerprint density at radius 1 is 0.804 bits per heavy atom. The van der Waals surface area contributed by atoms with Crippen molar-refractivity contribution in [3.8, 4) is 0 Å². The molecule has 6 amide bonds. The number of nitrogens with zero attached hydrogens (tertiary/aromatic N) is 2. The fraction of sp³-hybridized carbons (Fsp3) is 0.581. The van der Waals surface area contributed by atoms with E-state index in [2.05, 4.69) is 26.6 Å². The molecule has 46 heavy (non-hydrogen) atoms. The SMILES string of the molecule is CC(=O)NCCN(CCNC(C)=O)CC(=O)NCc1cccc(CNC(=O)[C@H](CC(=O)O)NC(=O)[C@H](CC(C)C)N(C)C(C)=O)c1. The Bertz CT molecular complexity index is 1200. The number of amides is 6. The third-order valence-electron chi connectivity index (χ3n) is 6.89. The van der Waals surface area contributed by atoms with Crippen LogP contribution >= 0.6 is 0 Å². The molecule has 0 aliphatic carbocycles. The minimum Gasteiger partial charge on any atom is -0.481 e. The first-order chi connectivity index (χ1) is 21.6. The first-order valence-corrected chi connectivity index (χ1v) is 15.2. The third-order valence-corrected chi connectivity index (χ3v) is 6.89. The van der Waals surface area contributed by atoms with E-state index < -0.39 is 36.3 Å². The maximum absolute atomic E-state index is 13.0. The van der Waals surface area contributed by atoms with Crippen molar-refractivity contribution in [2.45, 2.75) is 72.6 Å². The van der Waals surface area contributed by atoms with Crippen LogP contribution in [0.15, 0.2) is 24.3 Å². The molecule has 0 unspecified atom stereocenters. The summed E-state index contributed by atoms with van der Waals surface area (Å²) in [6.07, 6.45) is -0.312. The number of carbonyl (C=O) groups excluding carboxylic acids is 6. The molecule has 15 nitrogen and oxygen atoms in total. The van der Waals surface area contributed by atoms with E-state index in [0.717, 1.165) is 5.56 Å². The molecule has 1 aromatic carbocycles. The van der Waals surface area contributed by atoms with Crippen molar-refractivity contribution >= 4 is 41.4 Å². The van der Waals surface area contributed by atoms with Crippen molar-refractivity contribution in [2.24, 2.45) is 5.92 Å². The smallest absolute Gasteiger partial charge is 0.305 e. The first kappa shape index (κ1) is 39.5. The maximum Gasteiger partial charge on any atom is 0.305 e. The van der Waals surface area contributed by atoms with Crippen molar-refractivity contribution in [1.29, 1.82) is 0 Å². The highest BCUT2D eigenvalue weighted by atomic mass is 16.4. The highest BCUT2D eigenvalue weighted by Gasteiger charge is 2.31. The molecule has 0 saturated carbocycles. The molecule has 0 heterocycles. The zero-order valence-corrected chi connectivity index (χ0v) is 27.6. The molecule has 0 aliphatic rings. The molecular formula is C31H49N7O8. The Morgan fingerprint density at radius 2 is 1.35 bits per heavy atom. The van der Waals surface area contributed by atoms with Crippen LogP contribution in [0.5, 0.6) is 0 Å². The Hall–Kier alpha value is -4.53. The fourth-order valence-corrected chi connectivity index (χ4v) is 4.43. The number of rotatable bonds is 20. The van der Waals surface area contributed by atoms with Gasteiger partial charge in [0.15, 0.2) is 0 Å². The molecular weight excluding hydrogens is 598 g/mol. The summed E-state index contributed by atoms with van der Waals surface area (Å²) in [7, 11) is 1.48. The van der Waals surface area contributed by atoms with Gasteiger partial charge in [-0.15, -0.1) is 0 Å². The number of likely N-dealkylation sites (N-methyl/N-ethyl adjacent to an activating group) is 1. The molecule has 6 N–H and O–H groups in total. The molecule has 1 aromatic rings. The van der Waals surface area contributed by atoms with Crippen molar-refractivity contribution < 1.29 is 38.7 Å². The Labute approximate surface area is 270 Å². The molecule has 1 rings (SSSR count). The number of carbonyl (C=O) groups is 7. The van der Waals surface area contributed by atoms with Crippen LogP contribution in [-0.2, 0) is 46.7 Å². The quantitative estimate of drug-likeness (QED) is 0.106. The Balaban J connectivity index is 2.81. The van der Waals surface area contributed by atoms with Crippen LogP contribution in [0.2, 0.25) is 0 Å². The lowest BCUT2D eigenvalue weighted by atomic mass is 10.0. The van der Waals surface area contributed by atoms with Crippen LogP contribution in [0, 0.1) is 5.92 Å². The zero-order chi connectivity index (χ0) is 34.8. The predicted octanol–water partition coefficient (Wildman–Crippen LogP) is -0.654. The lowest BCUT2D eigenvalue weighted by molar-refractivity contribution is -0.142. The number of aliphatic carboxylic acids is 1. The number of benzene rings is 1. The molecule has 15 heteroatoms. The van der Waals surface area contributed by atoms with Gasteiger partial charge in [-0.3, -0.25) is 38.5 Å². The standard InChI is InChI=1S/C31H49N7O8/c1-20(2)14-27(37(6)23(5)41)31(46)36-26(16-29(43)44)30(45)35-18-25-9-7-8-24(15-25)17-34-28(42)19-38(12-10-32-21(3)39)13-11-33-22(4)40/h7-9,15,20,26-27H,10-14,16-19H2,1-6H3,(H,32,39)(H,33,40)(H,34,42)(H,35,45)(H,36,46)(H,43,44)/t26-,27-/m0/s1. The summed E-state index contributed by atoms with van der Waals surface area (Å²) < 4.78 is 0. The Morgan fingerprint density at radius 3 is 1.83 bits per heavy atom. The highest BCUT2D eigenvalue weighted by Crippen LogP contribution is 2.12. The van der Waals surface area contributed by atoms with Crippen LogP contribution in [0.1, 0.15) is 58.6 Å². The lowest BCUT2D eigenvalue weighted by Crippen LogP contribution is -2.54. The van der Waals surface area contributed by atoms with Gasteiger partial charge in [0.1, 0.15) is 12.1 Å². The highest BCUT2D eigenvalue weighted by molar-refractivity contribution is 5.93. The van der Waals surface area contributed by atoms with E-state index in [4.69, 9.17) is 0 Å². The van der Waals surface area contributed by atoms with Crippen LogP contribution < -0.4 is 26.6 Å². The van der Waals surface area contributed by atoms with Crippen LogP contribution in [-0.4, -0.2) is 108 Å². The summed E-state index contributed by atoms with van der Waals surface area (Å²) in [4.78, 5) is 87.6. The maximum atomic E-state index is 13.0. The summed E-state index contributed by atoms with van der Waals surface area (Å²) >= 11 is 0. The van der Waals surface area contributed by atoms with E-state index in [1.54, 1.807) is 24.3 Å². The van der Waals surface area contributed by atoms with Gasteiger partial charge >= 0.3 is 5.97 Å². The van der Waals surface area contributed by atoms with E-state index in [9.17, 15) is 38.7 Å². The average molecular weight is 648 g/mol. The van der Waals surface area contributed by atoms with Crippen LogP contribution in [0.4, 0.5) is 0 Å². The second-order valence-electron chi connectivity index (χ2n) is 11.5. The topological polar surface area (TPSA) is 206 Å². The van der Waals surface area contributed by atoms with E-state index in [1.165, 1.54) is 32.7 Å². The van der Waals surface area contributed by atoms with Gasteiger partial charge in [0.2, 0.25) is 35.4 Å². The van der Waals surface area contributed by atoms with E-state index in [1.807, 2.05) is 18.7 Å². The van der Waals surface area contributed by atoms with Gasteiger partial charge in [-0.2, -0.15) is 0 Å². The molecule has 0 aromatic heterocycles. The summed E-state index contributed by atoms with van der Waals surface area (Å²) in [5, 5.41) is 22.7. The number of carboxylic acids is 1. The number of hydrogen-bond acceptors (Lipinski definition) is 8. The molecule has 256 valence electrons. The van der Waals surface area contributed by atoms with Gasteiger partial charge in [0, 0.05) is 67.1 Å².